The van der Waals surface area contributed by atoms with Gasteiger partial charge in [-0.2, -0.15) is 10.2 Å². The Bertz CT molecular complexity index is 695. The van der Waals surface area contributed by atoms with Gasteiger partial charge < -0.3 is 11.1 Å². The predicted octanol–water partition coefficient (Wildman–Crippen LogP) is 1.45. The molecule has 100 valence electrons. The van der Waals surface area contributed by atoms with Crippen LogP contribution in [0.2, 0.25) is 0 Å². The first-order valence-electron chi connectivity index (χ1n) is 5.60. The van der Waals surface area contributed by atoms with Gasteiger partial charge in [0.2, 0.25) is 11.8 Å². The number of nitro groups is 1. The number of nitrogens with two attached hydrogens (primary N) is 1. The number of benzene rings is 1. The zero-order chi connectivity index (χ0) is 14.5. The quantitative estimate of drug-likeness (QED) is 0.634. The van der Waals surface area contributed by atoms with Crippen molar-refractivity contribution in [3.63, 3.8) is 0 Å². The first-order chi connectivity index (χ1) is 9.60. The lowest BCUT2D eigenvalue weighted by atomic mass is 10.1. The van der Waals surface area contributed by atoms with Crippen molar-refractivity contribution in [3.8, 4) is 6.07 Å². The highest BCUT2D eigenvalue weighted by molar-refractivity contribution is 5.56. The largest absolute Gasteiger partial charge is 0.368 e. The summed E-state index contributed by atoms with van der Waals surface area (Å²) >= 11 is 0. The van der Waals surface area contributed by atoms with Crippen molar-refractivity contribution in [2.75, 3.05) is 11.1 Å². The molecule has 0 fully saturated rings. The number of nitrogens with one attached hydrogen (secondary N) is 1. The van der Waals surface area contributed by atoms with Gasteiger partial charge in [-0.1, -0.05) is 12.1 Å². The van der Waals surface area contributed by atoms with E-state index in [9.17, 15) is 10.1 Å². The molecule has 0 aliphatic rings. The number of nitrogens with zero attached hydrogens (tertiary/aromatic N) is 4. The summed E-state index contributed by atoms with van der Waals surface area (Å²) < 4.78 is 0. The Kier molecular flexibility index (Phi) is 3.72. The second kappa shape index (κ2) is 5.62. The maximum Gasteiger partial charge on any atom is 0.329 e. The Morgan fingerprint density at radius 2 is 2.30 bits per heavy atom. The molecular formula is C12H10N6O2. The van der Waals surface area contributed by atoms with Crippen molar-refractivity contribution in [1.29, 1.82) is 5.26 Å². The van der Waals surface area contributed by atoms with E-state index in [0.29, 0.717) is 5.56 Å². The fourth-order valence-electron chi connectivity index (χ4n) is 1.59. The highest BCUT2D eigenvalue weighted by atomic mass is 16.6. The van der Waals surface area contributed by atoms with E-state index in [4.69, 9.17) is 11.0 Å². The van der Waals surface area contributed by atoms with E-state index in [1.165, 1.54) is 0 Å². The van der Waals surface area contributed by atoms with Gasteiger partial charge in [-0.3, -0.25) is 10.1 Å². The van der Waals surface area contributed by atoms with Crippen LogP contribution in [-0.4, -0.2) is 14.9 Å². The number of nitriles is 1. The van der Waals surface area contributed by atoms with E-state index in [0.717, 1.165) is 11.8 Å². The van der Waals surface area contributed by atoms with Crippen LogP contribution in [0, 0.1) is 21.4 Å². The normalized spacial score (nSPS) is 9.75. The summed E-state index contributed by atoms with van der Waals surface area (Å²) in [4.78, 5) is 17.6. The molecule has 3 N–H and O–H groups in total. The van der Waals surface area contributed by atoms with E-state index in [1.807, 2.05) is 6.07 Å². The van der Waals surface area contributed by atoms with Gasteiger partial charge in [0.15, 0.2) is 0 Å². The SMILES string of the molecule is N#Cc1cccc(CNc2nc(N)ncc2[N+](=O)[O-])c1. The molecule has 8 nitrogen and oxygen atoms in total. The number of rotatable bonds is 4. The minimum atomic E-state index is -0.590. The standard InChI is InChI=1S/C12H10N6O2/c13-5-8-2-1-3-9(4-8)6-15-11-10(18(19)20)7-16-12(14)17-11/h1-4,7H,6H2,(H3,14,15,16,17). The van der Waals surface area contributed by atoms with Crippen LogP contribution in [0.4, 0.5) is 17.5 Å². The molecule has 0 atom stereocenters. The van der Waals surface area contributed by atoms with Gasteiger partial charge in [0, 0.05) is 6.54 Å². The molecule has 0 radical (unpaired) electrons. The van der Waals surface area contributed by atoms with Gasteiger partial charge in [-0.05, 0) is 17.7 Å². The molecule has 0 aliphatic carbocycles. The summed E-state index contributed by atoms with van der Waals surface area (Å²) in [5.74, 6) is -0.00580. The van der Waals surface area contributed by atoms with Crippen molar-refractivity contribution in [3.05, 3.63) is 51.7 Å². The van der Waals surface area contributed by atoms with E-state index in [2.05, 4.69) is 15.3 Å². The Labute approximate surface area is 114 Å². The first kappa shape index (κ1) is 13.2. The zero-order valence-corrected chi connectivity index (χ0v) is 10.3. The van der Waals surface area contributed by atoms with Crippen LogP contribution >= 0.6 is 0 Å². The fourth-order valence-corrected chi connectivity index (χ4v) is 1.59. The monoisotopic (exact) mass is 270 g/mol. The van der Waals surface area contributed by atoms with Gasteiger partial charge in [-0.25, -0.2) is 4.98 Å². The van der Waals surface area contributed by atoms with Crippen LogP contribution in [0.1, 0.15) is 11.1 Å². The Morgan fingerprint density at radius 3 is 3.00 bits per heavy atom. The zero-order valence-electron chi connectivity index (χ0n) is 10.3. The van der Waals surface area contributed by atoms with E-state index < -0.39 is 4.92 Å². The van der Waals surface area contributed by atoms with Crippen LogP contribution in [0.3, 0.4) is 0 Å². The lowest BCUT2D eigenvalue weighted by Gasteiger charge is -2.06. The third-order valence-electron chi connectivity index (χ3n) is 2.50. The molecule has 0 saturated heterocycles. The molecule has 20 heavy (non-hydrogen) atoms. The number of hydrogen-bond acceptors (Lipinski definition) is 7. The van der Waals surface area contributed by atoms with Crippen molar-refractivity contribution < 1.29 is 4.92 Å². The molecule has 0 aliphatic heterocycles. The third kappa shape index (κ3) is 2.97. The fraction of sp³-hybridized carbons (Fsp3) is 0.0833. The van der Waals surface area contributed by atoms with Gasteiger partial charge in [0.1, 0.15) is 6.20 Å². The Hall–Kier alpha value is -3.21. The van der Waals surface area contributed by atoms with Crippen molar-refractivity contribution >= 4 is 17.5 Å². The molecule has 1 heterocycles. The molecule has 0 spiro atoms. The maximum absolute atomic E-state index is 10.8. The molecule has 1 aromatic carbocycles. The summed E-state index contributed by atoms with van der Waals surface area (Å²) in [6.45, 7) is 0.285. The lowest BCUT2D eigenvalue weighted by Crippen LogP contribution is -2.07. The highest BCUT2D eigenvalue weighted by Crippen LogP contribution is 2.21. The second-order valence-electron chi connectivity index (χ2n) is 3.88. The van der Waals surface area contributed by atoms with E-state index in [1.54, 1.807) is 24.3 Å². The molecule has 8 heteroatoms. The smallest absolute Gasteiger partial charge is 0.329 e. The summed E-state index contributed by atoms with van der Waals surface area (Å²) in [7, 11) is 0. The molecule has 0 saturated carbocycles. The lowest BCUT2D eigenvalue weighted by molar-refractivity contribution is -0.384. The van der Waals surface area contributed by atoms with Crippen LogP contribution in [0.25, 0.3) is 0 Å². The Morgan fingerprint density at radius 1 is 1.50 bits per heavy atom. The van der Waals surface area contributed by atoms with Crippen molar-refractivity contribution in [2.45, 2.75) is 6.54 Å². The number of nitrogen functional groups attached to an aromatic ring is 1. The van der Waals surface area contributed by atoms with Crippen molar-refractivity contribution in [2.24, 2.45) is 0 Å². The predicted molar refractivity (Wildman–Crippen MR) is 71.6 cm³/mol. The van der Waals surface area contributed by atoms with Crippen LogP contribution in [-0.2, 0) is 6.54 Å². The first-order valence-corrected chi connectivity index (χ1v) is 5.60. The molecule has 0 bridgehead atoms. The maximum atomic E-state index is 10.8. The second-order valence-corrected chi connectivity index (χ2v) is 3.88. The van der Waals surface area contributed by atoms with Gasteiger partial charge >= 0.3 is 5.69 Å². The number of aromatic nitrogens is 2. The topological polar surface area (TPSA) is 131 Å². The average molecular weight is 270 g/mol. The van der Waals surface area contributed by atoms with Crippen LogP contribution in [0.15, 0.2) is 30.5 Å². The van der Waals surface area contributed by atoms with Crippen LogP contribution < -0.4 is 11.1 Å². The molecule has 1 aromatic heterocycles. The molecule has 2 aromatic rings. The molecule has 0 unspecified atom stereocenters. The van der Waals surface area contributed by atoms with Gasteiger partial charge in [0.05, 0.1) is 16.6 Å². The van der Waals surface area contributed by atoms with E-state index in [-0.39, 0.29) is 24.0 Å². The summed E-state index contributed by atoms with van der Waals surface area (Å²) in [5.41, 5.74) is 6.48. The average Bonchev–Trinajstić information content (AvgIpc) is 2.45. The summed E-state index contributed by atoms with van der Waals surface area (Å²) in [5, 5.41) is 22.5. The molecular weight excluding hydrogens is 260 g/mol. The van der Waals surface area contributed by atoms with Gasteiger partial charge in [-0.15, -0.1) is 0 Å². The molecule has 0 amide bonds. The summed E-state index contributed by atoms with van der Waals surface area (Å²) in [6, 6.07) is 8.91. The Balaban J connectivity index is 2.20. The van der Waals surface area contributed by atoms with Gasteiger partial charge in [0.25, 0.3) is 0 Å². The summed E-state index contributed by atoms with van der Waals surface area (Å²) in [6.07, 6.45) is 1.05. The minimum Gasteiger partial charge on any atom is -0.368 e. The minimum absolute atomic E-state index is 0.0462. The highest BCUT2D eigenvalue weighted by Gasteiger charge is 2.16. The third-order valence-corrected chi connectivity index (χ3v) is 2.50. The van der Waals surface area contributed by atoms with E-state index >= 15 is 0 Å². The van der Waals surface area contributed by atoms with Crippen molar-refractivity contribution in [1.82, 2.24) is 9.97 Å². The van der Waals surface area contributed by atoms with Crippen LogP contribution in [0.5, 0.6) is 0 Å². The number of hydrogen-bond donors (Lipinski definition) is 2. The number of anilines is 2. The molecule has 2 rings (SSSR count).